The number of carbonyl (C=O) groups excluding carboxylic acids is 2. The average Bonchev–Trinajstić information content (AvgIpc) is 3.00. The standard InChI is InChI=1S/C20H21ClN2O3/c1-12-7-8-18(26-3)17(9-12)23-11-14(10-19(23)24)20(25)22-16-6-4-5-15(21)13(16)2/h4-9,14H,10-11H2,1-3H3,(H,22,25). The van der Waals surface area contributed by atoms with Crippen LogP contribution in [0.4, 0.5) is 11.4 Å². The third-order valence-electron chi connectivity index (χ3n) is 4.65. The van der Waals surface area contributed by atoms with Crippen LogP contribution in [0.25, 0.3) is 0 Å². The maximum atomic E-state index is 12.7. The number of nitrogens with one attached hydrogen (secondary N) is 1. The number of nitrogens with zero attached hydrogens (tertiary/aromatic N) is 1. The minimum absolute atomic E-state index is 0.0862. The van der Waals surface area contributed by atoms with E-state index in [1.807, 2.05) is 32.0 Å². The van der Waals surface area contributed by atoms with Gasteiger partial charge in [-0.25, -0.2) is 0 Å². The molecular weight excluding hydrogens is 352 g/mol. The molecule has 2 amide bonds. The maximum Gasteiger partial charge on any atom is 0.229 e. The molecule has 1 saturated heterocycles. The maximum absolute atomic E-state index is 12.7. The van der Waals surface area contributed by atoms with Gasteiger partial charge in [0, 0.05) is 23.7 Å². The number of hydrogen-bond acceptors (Lipinski definition) is 3. The summed E-state index contributed by atoms with van der Waals surface area (Å²) >= 11 is 6.10. The predicted octanol–water partition coefficient (Wildman–Crippen LogP) is 3.96. The Hall–Kier alpha value is -2.53. The summed E-state index contributed by atoms with van der Waals surface area (Å²) < 4.78 is 5.37. The number of anilines is 2. The van der Waals surface area contributed by atoms with Gasteiger partial charge in [-0.05, 0) is 49.2 Å². The summed E-state index contributed by atoms with van der Waals surface area (Å²) in [4.78, 5) is 26.8. The van der Waals surface area contributed by atoms with E-state index in [1.54, 1.807) is 30.2 Å². The van der Waals surface area contributed by atoms with E-state index in [9.17, 15) is 9.59 Å². The molecule has 6 heteroatoms. The molecule has 0 saturated carbocycles. The Balaban J connectivity index is 1.78. The lowest BCUT2D eigenvalue weighted by Gasteiger charge is -2.20. The van der Waals surface area contributed by atoms with E-state index in [2.05, 4.69) is 5.32 Å². The molecule has 0 spiro atoms. The predicted molar refractivity (Wildman–Crippen MR) is 103 cm³/mol. The fourth-order valence-corrected chi connectivity index (χ4v) is 3.28. The van der Waals surface area contributed by atoms with Gasteiger partial charge in [0.1, 0.15) is 5.75 Å². The highest BCUT2D eigenvalue weighted by Gasteiger charge is 2.36. The van der Waals surface area contributed by atoms with Gasteiger partial charge < -0.3 is 15.0 Å². The lowest BCUT2D eigenvalue weighted by atomic mass is 10.1. The number of amides is 2. The number of rotatable bonds is 4. The lowest BCUT2D eigenvalue weighted by Crippen LogP contribution is -2.28. The van der Waals surface area contributed by atoms with E-state index in [1.165, 1.54) is 0 Å². The quantitative estimate of drug-likeness (QED) is 0.883. The molecule has 26 heavy (non-hydrogen) atoms. The van der Waals surface area contributed by atoms with Crippen LogP contribution in [0.15, 0.2) is 36.4 Å². The second kappa shape index (κ2) is 7.38. The molecule has 1 aliphatic heterocycles. The zero-order chi connectivity index (χ0) is 18.8. The van der Waals surface area contributed by atoms with Crippen molar-refractivity contribution in [2.45, 2.75) is 20.3 Å². The molecule has 1 heterocycles. The molecule has 1 atom stereocenters. The van der Waals surface area contributed by atoms with E-state index >= 15 is 0 Å². The minimum atomic E-state index is -0.425. The molecule has 1 fully saturated rings. The SMILES string of the molecule is COc1ccc(C)cc1N1CC(C(=O)Nc2cccc(Cl)c2C)CC1=O. The summed E-state index contributed by atoms with van der Waals surface area (Å²) in [7, 11) is 1.57. The topological polar surface area (TPSA) is 58.6 Å². The third-order valence-corrected chi connectivity index (χ3v) is 5.06. The van der Waals surface area contributed by atoms with Gasteiger partial charge >= 0.3 is 0 Å². The Bertz CT molecular complexity index is 866. The van der Waals surface area contributed by atoms with Crippen molar-refractivity contribution in [2.75, 3.05) is 23.9 Å². The van der Waals surface area contributed by atoms with E-state index in [4.69, 9.17) is 16.3 Å². The first-order chi connectivity index (χ1) is 12.4. The van der Waals surface area contributed by atoms with Crippen LogP contribution in [0.2, 0.25) is 5.02 Å². The van der Waals surface area contributed by atoms with Crippen LogP contribution >= 0.6 is 11.6 Å². The first-order valence-electron chi connectivity index (χ1n) is 8.41. The zero-order valence-corrected chi connectivity index (χ0v) is 15.8. The molecule has 1 N–H and O–H groups in total. The number of benzene rings is 2. The largest absolute Gasteiger partial charge is 0.495 e. The smallest absolute Gasteiger partial charge is 0.229 e. The molecule has 1 aliphatic rings. The van der Waals surface area contributed by atoms with Gasteiger partial charge in [-0.2, -0.15) is 0 Å². The molecule has 1 unspecified atom stereocenters. The fourth-order valence-electron chi connectivity index (χ4n) is 3.10. The Morgan fingerprint density at radius 1 is 1.27 bits per heavy atom. The summed E-state index contributed by atoms with van der Waals surface area (Å²) in [6.07, 6.45) is 0.169. The highest BCUT2D eigenvalue weighted by atomic mass is 35.5. The normalized spacial score (nSPS) is 16.7. The highest BCUT2D eigenvalue weighted by molar-refractivity contribution is 6.31. The summed E-state index contributed by atoms with van der Waals surface area (Å²) in [5.74, 6) is -0.0727. The van der Waals surface area contributed by atoms with Crippen molar-refractivity contribution in [3.63, 3.8) is 0 Å². The second-order valence-electron chi connectivity index (χ2n) is 6.48. The van der Waals surface area contributed by atoms with Crippen molar-refractivity contribution in [2.24, 2.45) is 5.92 Å². The zero-order valence-electron chi connectivity index (χ0n) is 15.0. The Morgan fingerprint density at radius 3 is 2.77 bits per heavy atom. The minimum Gasteiger partial charge on any atom is -0.495 e. The van der Waals surface area contributed by atoms with Crippen molar-refractivity contribution < 1.29 is 14.3 Å². The third kappa shape index (κ3) is 3.53. The summed E-state index contributed by atoms with van der Waals surface area (Å²) in [5.41, 5.74) is 3.20. The Morgan fingerprint density at radius 2 is 2.04 bits per heavy atom. The number of ether oxygens (including phenoxy) is 1. The van der Waals surface area contributed by atoms with Crippen molar-refractivity contribution in [3.05, 3.63) is 52.5 Å². The Labute approximate surface area is 157 Å². The van der Waals surface area contributed by atoms with E-state index in [-0.39, 0.29) is 18.2 Å². The lowest BCUT2D eigenvalue weighted by molar-refractivity contribution is -0.122. The molecule has 0 aliphatic carbocycles. The molecule has 3 rings (SSSR count). The summed E-state index contributed by atoms with van der Waals surface area (Å²) in [6, 6.07) is 11.0. The molecule has 5 nitrogen and oxygen atoms in total. The van der Waals surface area contributed by atoms with Crippen molar-refractivity contribution in [3.8, 4) is 5.75 Å². The molecular formula is C20H21ClN2O3. The van der Waals surface area contributed by atoms with E-state index < -0.39 is 5.92 Å². The van der Waals surface area contributed by atoms with Crippen LogP contribution in [0.3, 0.4) is 0 Å². The van der Waals surface area contributed by atoms with Crippen LogP contribution in [0.1, 0.15) is 17.5 Å². The summed E-state index contributed by atoms with van der Waals surface area (Å²) in [5, 5.41) is 3.49. The molecule has 2 aromatic carbocycles. The van der Waals surface area contributed by atoms with Gasteiger partial charge in [-0.15, -0.1) is 0 Å². The van der Waals surface area contributed by atoms with Crippen molar-refractivity contribution >= 4 is 34.8 Å². The molecule has 2 aromatic rings. The van der Waals surface area contributed by atoms with Crippen molar-refractivity contribution in [1.82, 2.24) is 0 Å². The van der Waals surface area contributed by atoms with Gasteiger partial charge in [0.05, 0.1) is 18.7 Å². The number of halogens is 1. The van der Waals surface area contributed by atoms with Crippen LogP contribution in [-0.4, -0.2) is 25.5 Å². The van der Waals surface area contributed by atoms with Crippen LogP contribution < -0.4 is 15.0 Å². The first kappa shape index (κ1) is 18.3. The molecule has 136 valence electrons. The van der Waals surface area contributed by atoms with Gasteiger partial charge in [0.2, 0.25) is 11.8 Å². The van der Waals surface area contributed by atoms with E-state index in [0.29, 0.717) is 28.7 Å². The number of hydrogen-bond donors (Lipinski definition) is 1. The number of aryl methyl sites for hydroxylation is 1. The second-order valence-corrected chi connectivity index (χ2v) is 6.89. The van der Waals surface area contributed by atoms with Gasteiger partial charge in [-0.3, -0.25) is 9.59 Å². The average molecular weight is 373 g/mol. The highest BCUT2D eigenvalue weighted by Crippen LogP contribution is 2.34. The first-order valence-corrected chi connectivity index (χ1v) is 8.79. The van der Waals surface area contributed by atoms with Crippen LogP contribution in [-0.2, 0) is 9.59 Å². The molecule has 0 aromatic heterocycles. The summed E-state index contributed by atoms with van der Waals surface area (Å²) in [6.45, 7) is 4.13. The molecule has 0 radical (unpaired) electrons. The van der Waals surface area contributed by atoms with Crippen LogP contribution in [0, 0.1) is 19.8 Å². The van der Waals surface area contributed by atoms with Crippen LogP contribution in [0.5, 0.6) is 5.75 Å². The van der Waals surface area contributed by atoms with Crippen molar-refractivity contribution in [1.29, 1.82) is 0 Å². The Kier molecular flexibility index (Phi) is 5.18. The number of methoxy groups -OCH3 is 1. The fraction of sp³-hybridized carbons (Fsp3) is 0.300. The van der Waals surface area contributed by atoms with Gasteiger partial charge in [-0.1, -0.05) is 23.7 Å². The van der Waals surface area contributed by atoms with Gasteiger partial charge in [0.15, 0.2) is 0 Å². The monoisotopic (exact) mass is 372 g/mol. The van der Waals surface area contributed by atoms with E-state index in [0.717, 1.165) is 11.1 Å². The number of carbonyl (C=O) groups is 2. The molecule has 0 bridgehead atoms. The van der Waals surface area contributed by atoms with Gasteiger partial charge in [0.25, 0.3) is 0 Å².